The van der Waals surface area contributed by atoms with Gasteiger partial charge in [-0.3, -0.25) is 4.79 Å². The van der Waals surface area contributed by atoms with Crippen LogP contribution in [-0.2, 0) is 0 Å². The first kappa shape index (κ1) is 20.4. The predicted octanol–water partition coefficient (Wildman–Crippen LogP) is 4.30. The largest absolute Gasteiger partial charge is 0.497 e. The Balaban J connectivity index is 2.02. The van der Waals surface area contributed by atoms with Gasteiger partial charge >= 0.3 is 0 Å². The van der Waals surface area contributed by atoms with Gasteiger partial charge in [0.15, 0.2) is 5.69 Å². The number of methoxy groups -OCH3 is 2. The van der Waals surface area contributed by atoms with Gasteiger partial charge in [0.05, 0.1) is 31.9 Å². The predicted molar refractivity (Wildman–Crippen MR) is 112 cm³/mol. The van der Waals surface area contributed by atoms with E-state index in [9.17, 15) is 4.79 Å². The minimum absolute atomic E-state index is 0.135. The number of hydrogen-bond acceptors (Lipinski definition) is 6. The number of benzene rings is 2. The van der Waals surface area contributed by atoms with Crippen molar-refractivity contribution in [3.8, 4) is 17.4 Å². The van der Waals surface area contributed by atoms with E-state index in [4.69, 9.17) is 14.2 Å². The molecule has 0 fully saturated rings. The molecule has 2 aromatic carbocycles. The van der Waals surface area contributed by atoms with Crippen LogP contribution in [0.1, 0.15) is 35.0 Å². The normalized spacial score (nSPS) is 10.7. The zero-order valence-corrected chi connectivity index (χ0v) is 17.3. The lowest BCUT2D eigenvalue weighted by Crippen LogP contribution is -2.17. The van der Waals surface area contributed by atoms with E-state index >= 15 is 0 Å². The molecular weight excluding hydrogens is 370 g/mol. The molecule has 7 heteroatoms. The molecule has 0 aliphatic heterocycles. The van der Waals surface area contributed by atoms with Gasteiger partial charge in [-0.1, -0.05) is 6.92 Å². The van der Waals surface area contributed by atoms with E-state index in [0.717, 1.165) is 17.5 Å². The van der Waals surface area contributed by atoms with Crippen LogP contribution in [0.25, 0.3) is 11.0 Å². The second-order valence-electron chi connectivity index (χ2n) is 6.71. The average Bonchev–Trinajstić information content (AvgIpc) is 2.72. The summed E-state index contributed by atoms with van der Waals surface area (Å²) in [6.45, 7) is 6.45. The minimum Gasteiger partial charge on any atom is -0.497 e. The number of nitrogens with zero attached hydrogens (tertiary/aromatic N) is 2. The van der Waals surface area contributed by atoms with Crippen molar-refractivity contribution in [3.63, 3.8) is 0 Å². The Labute approximate surface area is 170 Å². The first-order valence-corrected chi connectivity index (χ1v) is 9.41. The number of amides is 1. The lowest BCUT2D eigenvalue weighted by Gasteiger charge is -2.13. The lowest BCUT2D eigenvalue weighted by molar-refractivity contribution is 0.101. The number of aromatic nitrogens is 2. The summed E-state index contributed by atoms with van der Waals surface area (Å²) in [7, 11) is 3.10. The number of hydrogen-bond donors (Lipinski definition) is 1. The second kappa shape index (κ2) is 8.77. The number of aryl methyl sites for hydroxylation is 2. The van der Waals surface area contributed by atoms with Gasteiger partial charge in [-0.25, -0.2) is 9.97 Å². The van der Waals surface area contributed by atoms with Crippen molar-refractivity contribution in [2.24, 2.45) is 0 Å². The second-order valence-corrected chi connectivity index (χ2v) is 6.71. The van der Waals surface area contributed by atoms with Crippen LogP contribution in [0.5, 0.6) is 17.4 Å². The lowest BCUT2D eigenvalue weighted by atomic mass is 10.1. The van der Waals surface area contributed by atoms with E-state index in [2.05, 4.69) is 15.3 Å². The molecule has 0 aliphatic carbocycles. The fourth-order valence-electron chi connectivity index (χ4n) is 2.81. The van der Waals surface area contributed by atoms with E-state index in [1.54, 1.807) is 32.4 Å². The number of ether oxygens (including phenoxy) is 3. The number of carbonyl (C=O) groups is 1. The van der Waals surface area contributed by atoms with E-state index in [1.807, 2.05) is 32.9 Å². The van der Waals surface area contributed by atoms with Crippen LogP contribution in [0.4, 0.5) is 5.69 Å². The molecular formula is C22H25N3O4. The van der Waals surface area contributed by atoms with Crippen LogP contribution in [0.15, 0.2) is 30.3 Å². The van der Waals surface area contributed by atoms with Crippen molar-refractivity contribution in [2.75, 3.05) is 26.1 Å². The maximum absolute atomic E-state index is 13.0. The molecule has 0 bridgehead atoms. The summed E-state index contributed by atoms with van der Waals surface area (Å²) in [5, 5.41) is 2.83. The third kappa shape index (κ3) is 4.56. The Hall–Kier alpha value is -3.35. The van der Waals surface area contributed by atoms with Crippen molar-refractivity contribution in [3.05, 3.63) is 47.2 Å². The molecule has 0 saturated carbocycles. The molecule has 29 heavy (non-hydrogen) atoms. The molecule has 3 aromatic rings. The van der Waals surface area contributed by atoms with Gasteiger partial charge in [-0.15, -0.1) is 0 Å². The van der Waals surface area contributed by atoms with Crippen LogP contribution < -0.4 is 19.5 Å². The van der Waals surface area contributed by atoms with Crippen molar-refractivity contribution < 1.29 is 19.0 Å². The fraction of sp³-hybridized carbons (Fsp3) is 0.318. The third-order valence-electron chi connectivity index (χ3n) is 4.52. The van der Waals surface area contributed by atoms with Gasteiger partial charge in [0.2, 0.25) is 5.88 Å². The first-order chi connectivity index (χ1) is 13.9. The number of nitrogens with one attached hydrogen (secondary N) is 1. The van der Waals surface area contributed by atoms with Gasteiger partial charge < -0.3 is 19.5 Å². The van der Waals surface area contributed by atoms with Crippen LogP contribution in [0.2, 0.25) is 0 Å². The Morgan fingerprint density at radius 3 is 2.07 bits per heavy atom. The summed E-state index contributed by atoms with van der Waals surface area (Å²) in [6.07, 6.45) is 0.792. The van der Waals surface area contributed by atoms with Gasteiger partial charge in [-0.05, 0) is 43.5 Å². The van der Waals surface area contributed by atoms with Crippen molar-refractivity contribution >= 4 is 22.6 Å². The highest BCUT2D eigenvalue weighted by molar-refractivity contribution is 6.05. The summed E-state index contributed by atoms with van der Waals surface area (Å²) >= 11 is 0. The van der Waals surface area contributed by atoms with Gasteiger partial charge in [0.1, 0.15) is 11.5 Å². The van der Waals surface area contributed by atoms with Crippen LogP contribution in [-0.4, -0.2) is 36.7 Å². The minimum atomic E-state index is -0.418. The maximum atomic E-state index is 13.0. The quantitative estimate of drug-likeness (QED) is 0.642. The molecule has 152 valence electrons. The molecule has 1 aromatic heterocycles. The topological polar surface area (TPSA) is 82.6 Å². The number of fused-ring (bicyclic) bond motifs is 1. The van der Waals surface area contributed by atoms with Crippen LogP contribution in [0.3, 0.4) is 0 Å². The summed E-state index contributed by atoms with van der Waals surface area (Å²) < 4.78 is 16.2. The van der Waals surface area contributed by atoms with Crippen molar-refractivity contribution in [1.29, 1.82) is 0 Å². The van der Waals surface area contributed by atoms with Crippen LogP contribution >= 0.6 is 0 Å². The average molecular weight is 395 g/mol. The number of anilines is 1. The zero-order chi connectivity index (χ0) is 21.0. The van der Waals surface area contributed by atoms with Crippen LogP contribution in [0, 0.1) is 13.8 Å². The molecule has 0 aliphatic rings. The first-order valence-electron chi connectivity index (χ1n) is 9.41. The Morgan fingerprint density at radius 2 is 1.52 bits per heavy atom. The van der Waals surface area contributed by atoms with E-state index < -0.39 is 5.91 Å². The molecule has 0 radical (unpaired) electrons. The van der Waals surface area contributed by atoms with Gasteiger partial charge in [-0.2, -0.15) is 0 Å². The Bertz CT molecular complexity index is 1030. The molecule has 0 unspecified atom stereocenters. The van der Waals surface area contributed by atoms with Crippen molar-refractivity contribution in [1.82, 2.24) is 9.97 Å². The van der Waals surface area contributed by atoms with Gasteiger partial charge in [0, 0.05) is 23.9 Å². The summed E-state index contributed by atoms with van der Waals surface area (Å²) in [5.41, 5.74) is 4.18. The number of rotatable bonds is 7. The summed E-state index contributed by atoms with van der Waals surface area (Å²) in [4.78, 5) is 22.1. The molecule has 7 nitrogen and oxygen atoms in total. The molecule has 0 saturated heterocycles. The Kier molecular flexibility index (Phi) is 6.16. The molecule has 1 N–H and O–H groups in total. The Morgan fingerprint density at radius 1 is 0.931 bits per heavy atom. The fourth-order valence-corrected chi connectivity index (χ4v) is 2.81. The van der Waals surface area contributed by atoms with Crippen molar-refractivity contribution in [2.45, 2.75) is 27.2 Å². The monoisotopic (exact) mass is 395 g/mol. The molecule has 1 heterocycles. The third-order valence-corrected chi connectivity index (χ3v) is 4.52. The standard InChI is InChI=1S/C22H25N3O4/c1-6-7-29-22-20(24-18-8-13(2)14(3)9-19(18)25-22)21(26)23-15-10-16(27-4)12-17(11-15)28-5/h8-12H,6-7H2,1-5H3,(H,23,26). The van der Waals surface area contributed by atoms with Gasteiger partial charge in [0.25, 0.3) is 5.91 Å². The highest BCUT2D eigenvalue weighted by atomic mass is 16.5. The van der Waals surface area contributed by atoms with E-state index in [-0.39, 0.29) is 11.6 Å². The van der Waals surface area contributed by atoms with E-state index in [0.29, 0.717) is 34.8 Å². The highest BCUT2D eigenvalue weighted by Gasteiger charge is 2.19. The highest BCUT2D eigenvalue weighted by Crippen LogP contribution is 2.27. The summed E-state index contributed by atoms with van der Waals surface area (Å²) in [6, 6.07) is 9.01. The van der Waals surface area contributed by atoms with E-state index in [1.165, 1.54) is 0 Å². The zero-order valence-electron chi connectivity index (χ0n) is 17.3. The molecule has 1 amide bonds. The molecule has 0 atom stereocenters. The molecule has 3 rings (SSSR count). The number of carbonyl (C=O) groups excluding carboxylic acids is 1. The smallest absolute Gasteiger partial charge is 0.279 e. The maximum Gasteiger partial charge on any atom is 0.279 e. The SMILES string of the molecule is CCCOc1nc2cc(C)c(C)cc2nc1C(=O)Nc1cc(OC)cc(OC)c1. The molecule has 0 spiro atoms. The summed E-state index contributed by atoms with van der Waals surface area (Å²) in [5.74, 6) is 0.935.